The Kier molecular flexibility index (Phi) is 6.60. The van der Waals surface area contributed by atoms with Gasteiger partial charge in [-0.2, -0.15) is 9.61 Å². The largest absolute Gasteiger partial charge is 0.456 e. The van der Waals surface area contributed by atoms with E-state index in [4.69, 9.17) is 4.74 Å². The van der Waals surface area contributed by atoms with E-state index >= 15 is 0 Å². The maximum absolute atomic E-state index is 12.5. The lowest BCUT2D eigenvalue weighted by Gasteiger charge is -2.18. The second kappa shape index (κ2) is 9.43. The number of hydrogen-bond donors (Lipinski definition) is 1. The van der Waals surface area contributed by atoms with Crippen LogP contribution >= 0.6 is 11.3 Å². The molecule has 4 rings (SSSR count). The van der Waals surface area contributed by atoms with Gasteiger partial charge in [-0.25, -0.2) is 9.78 Å². The van der Waals surface area contributed by atoms with Gasteiger partial charge >= 0.3 is 5.97 Å². The molecule has 0 atom stereocenters. The van der Waals surface area contributed by atoms with Crippen LogP contribution in [0.2, 0.25) is 0 Å². The van der Waals surface area contributed by atoms with Crippen LogP contribution in [0.3, 0.4) is 0 Å². The van der Waals surface area contributed by atoms with Crippen molar-refractivity contribution in [3.05, 3.63) is 57.0 Å². The fraction of sp³-hybridized carbons (Fsp3) is 0.458. The highest BCUT2D eigenvalue weighted by molar-refractivity contribution is 7.16. The van der Waals surface area contributed by atoms with E-state index in [1.165, 1.54) is 41.2 Å². The number of carbonyl (C=O) groups is 2. The number of esters is 1. The van der Waals surface area contributed by atoms with Crippen LogP contribution in [0, 0.1) is 5.41 Å². The van der Waals surface area contributed by atoms with E-state index < -0.39 is 11.4 Å². The normalized spacial score (nSPS) is 14.9. The number of hydrogen-bond acceptors (Lipinski definition) is 7. The highest BCUT2D eigenvalue weighted by Gasteiger charge is 2.22. The van der Waals surface area contributed by atoms with E-state index in [1.807, 2.05) is 20.8 Å². The number of benzene rings is 1. The fourth-order valence-corrected chi connectivity index (χ4v) is 4.78. The number of nitrogens with zero attached hydrogens (tertiary/aromatic N) is 3. The number of nitrogens with one attached hydrogen (secondary N) is 1. The number of amides is 1. The van der Waals surface area contributed by atoms with Gasteiger partial charge in [-0.3, -0.25) is 9.59 Å². The molecule has 0 unspecified atom stereocenters. The van der Waals surface area contributed by atoms with Crippen molar-refractivity contribution in [1.82, 2.24) is 14.6 Å². The minimum atomic E-state index is -0.530. The Morgan fingerprint density at radius 2 is 1.85 bits per heavy atom. The first-order valence-corrected chi connectivity index (χ1v) is 12.0. The predicted molar refractivity (Wildman–Crippen MR) is 127 cm³/mol. The Morgan fingerprint density at radius 3 is 2.52 bits per heavy atom. The van der Waals surface area contributed by atoms with Gasteiger partial charge in [0.1, 0.15) is 11.6 Å². The van der Waals surface area contributed by atoms with Crippen molar-refractivity contribution in [1.29, 1.82) is 0 Å². The molecule has 0 saturated heterocycles. The second-order valence-corrected chi connectivity index (χ2v) is 10.4. The van der Waals surface area contributed by atoms with Crippen molar-refractivity contribution in [2.45, 2.75) is 65.4 Å². The molecule has 33 heavy (non-hydrogen) atoms. The van der Waals surface area contributed by atoms with Crippen LogP contribution in [0.15, 0.2) is 35.1 Å². The number of aromatic nitrogens is 3. The molecule has 0 spiro atoms. The van der Waals surface area contributed by atoms with Gasteiger partial charge in [0.2, 0.25) is 10.9 Å². The van der Waals surface area contributed by atoms with Crippen molar-refractivity contribution in [3.8, 4) is 0 Å². The van der Waals surface area contributed by atoms with Crippen LogP contribution in [0.4, 0.5) is 5.69 Å². The smallest absolute Gasteiger partial charge is 0.338 e. The minimum absolute atomic E-state index is 0.107. The van der Waals surface area contributed by atoms with Crippen molar-refractivity contribution in [2.24, 2.45) is 5.41 Å². The van der Waals surface area contributed by atoms with E-state index in [1.54, 1.807) is 24.3 Å². The zero-order chi connectivity index (χ0) is 23.6. The molecule has 1 aliphatic rings. The molecule has 1 N–H and O–H groups in total. The number of fused-ring (bicyclic) bond motifs is 1. The Balaban J connectivity index is 1.41. The molecule has 1 fully saturated rings. The molecule has 3 aromatic rings. The molecule has 1 aromatic carbocycles. The minimum Gasteiger partial charge on any atom is -0.456 e. The summed E-state index contributed by atoms with van der Waals surface area (Å²) in [5.74, 6) is -0.250. The summed E-state index contributed by atoms with van der Waals surface area (Å²) >= 11 is 1.44. The number of anilines is 1. The SMILES string of the molecule is CC(C)(C)C(=O)Nc1ccc(C(=O)OCc2cc(=O)n3nc(C4CCCCC4)sc3n2)cc1. The Hall–Kier alpha value is -3.07. The zero-order valence-electron chi connectivity index (χ0n) is 19.1. The highest BCUT2D eigenvalue weighted by atomic mass is 32.1. The van der Waals surface area contributed by atoms with Gasteiger partial charge in [0.05, 0.1) is 11.3 Å². The lowest BCUT2D eigenvalue weighted by Crippen LogP contribution is -2.27. The summed E-state index contributed by atoms with van der Waals surface area (Å²) < 4.78 is 6.70. The third kappa shape index (κ3) is 5.47. The summed E-state index contributed by atoms with van der Waals surface area (Å²) in [5, 5.41) is 8.25. The Labute approximate surface area is 196 Å². The maximum atomic E-state index is 12.5. The third-order valence-corrected chi connectivity index (χ3v) is 6.75. The van der Waals surface area contributed by atoms with Crippen LogP contribution in [-0.4, -0.2) is 26.5 Å². The van der Waals surface area contributed by atoms with Crippen molar-refractivity contribution in [2.75, 3.05) is 5.32 Å². The monoisotopic (exact) mass is 468 g/mol. The maximum Gasteiger partial charge on any atom is 0.338 e. The Bertz CT molecular complexity index is 1220. The first-order valence-electron chi connectivity index (χ1n) is 11.2. The van der Waals surface area contributed by atoms with Gasteiger partial charge < -0.3 is 10.1 Å². The molecule has 0 bridgehead atoms. The van der Waals surface area contributed by atoms with Crippen molar-refractivity contribution in [3.63, 3.8) is 0 Å². The fourth-order valence-electron chi connectivity index (χ4n) is 3.69. The first-order chi connectivity index (χ1) is 15.7. The van der Waals surface area contributed by atoms with Crippen LogP contribution < -0.4 is 10.9 Å². The zero-order valence-corrected chi connectivity index (χ0v) is 19.9. The highest BCUT2D eigenvalue weighted by Crippen LogP contribution is 2.34. The van der Waals surface area contributed by atoms with Gasteiger partial charge in [0.25, 0.3) is 5.56 Å². The molecule has 0 radical (unpaired) electrons. The third-order valence-electron chi connectivity index (χ3n) is 5.68. The van der Waals surface area contributed by atoms with Crippen LogP contribution in [0.5, 0.6) is 0 Å². The van der Waals surface area contributed by atoms with E-state index in [2.05, 4.69) is 15.4 Å². The summed E-state index contributed by atoms with van der Waals surface area (Å²) in [6, 6.07) is 7.84. The summed E-state index contributed by atoms with van der Waals surface area (Å²) in [7, 11) is 0. The van der Waals surface area contributed by atoms with E-state index in [0.717, 1.165) is 17.8 Å². The Morgan fingerprint density at radius 1 is 1.15 bits per heavy atom. The number of carbonyl (C=O) groups excluding carboxylic acids is 2. The number of ether oxygens (including phenoxy) is 1. The lowest BCUT2D eigenvalue weighted by molar-refractivity contribution is -0.123. The molecule has 1 aliphatic carbocycles. The van der Waals surface area contributed by atoms with Gasteiger partial charge in [-0.15, -0.1) is 0 Å². The lowest BCUT2D eigenvalue weighted by atomic mass is 9.90. The number of rotatable bonds is 5. The molecule has 1 saturated carbocycles. The molecule has 2 heterocycles. The predicted octanol–water partition coefficient (Wildman–Crippen LogP) is 4.54. The molecule has 2 aromatic heterocycles. The molecule has 8 nitrogen and oxygen atoms in total. The van der Waals surface area contributed by atoms with Gasteiger partial charge in [-0.1, -0.05) is 51.4 Å². The van der Waals surface area contributed by atoms with E-state index in [9.17, 15) is 14.4 Å². The molecule has 9 heteroatoms. The van der Waals surface area contributed by atoms with Crippen LogP contribution in [0.1, 0.15) is 79.9 Å². The van der Waals surface area contributed by atoms with Gasteiger partial charge in [0.15, 0.2) is 0 Å². The topological polar surface area (TPSA) is 103 Å². The van der Waals surface area contributed by atoms with Crippen LogP contribution in [0.25, 0.3) is 4.96 Å². The van der Waals surface area contributed by atoms with Crippen molar-refractivity contribution < 1.29 is 14.3 Å². The van der Waals surface area contributed by atoms with Crippen LogP contribution in [-0.2, 0) is 16.1 Å². The average Bonchev–Trinajstić information content (AvgIpc) is 3.23. The molecular weight excluding hydrogens is 440 g/mol. The molecule has 1 amide bonds. The van der Waals surface area contributed by atoms with Gasteiger partial charge in [0, 0.05) is 23.1 Å². The summed E-state index contributed by atoms with van der Waals surface area (Å²) in [6.07, 6.45) is 5.82. The quantitative estimate of drug-likeness (QED) is 0.552. The first kappa shape index (κ1) is 23.1. The summed E-state index contributed by atoms with van der Waals surface area (Å²) in [4.78, 5) is 42.0. The van der Waals surface area contributed by atoms with E-state index in [-0.39, 0.29) is 18.1 Å². The molecular formula is C24H28N4O4S. The van der Waals surface area contributed by atoms with E-state index in [0.29, 0.717) is 27.8 Å². The van der Waals surface area contributed by atoms with Gasteiger partial charge in [-0.05, 0) is 37.1 Å². The standard InChI is InChI=1S/C24H28N4O4S/c1-24(2,3)22(31)25-17-11-9-16(10-12-17)21(30)32-14-18-13-19(29)28-23(26-18)33-20(27-28)15-7-5-4-6-8-15/h9-13,15H,4-8,14H2,1-3H3,(H,25,31). The van der Waals surface area contributed by atoms with Crippen molar-refractivity contribution >= 4 is 33.9 Å². The molecule has 0 aliphatic heterocycles. The second-order valence-electron chi connectivity index (χ2n) is 9.41. The average molecular weight is 469 g/mol. The summed E-state index contributed by atoms with van der Waals surface area (Å²) in [6.45, 7) is 5.38. The summed E-state index contributed by atoms with van der Waals surface area (Å²) in [5.41, 5.74) is 0.550. The molecule has 174 valence electrons.